The monoisotopic (exact) mass is 325 g/mol. The fraction of sp³-hybridized carbons (Fsp3) is 0.625. The molecular formula is C16H24BrNO. The molecule has 1 saturated carbocycles. The van der Waals surface area contributed by atoms with Crippen molar-refractivity contribution in [2.75, 3.05) is 13.7 Å². The highest BCUT2D eigenvalue weighted by Crippen LogP contribution is 2.32. The molecule has 106 valence electrons. The van der Waals surface area contributed by atoms with Crippen molar-refractivity contribution >= 4 is 15.9 Å². The number of benzene rings is 1. The van der Waals surface area contributed by atoms with E-state index >= 15 is 0 Å². The summed E-state index contributed by atoms with van der Waals surface area (Å²) in [5, 5.41) is 3.65. The topological polar surface area (TPSA) is 21.3 Å². The third-order valence-corrected chi connectivity index (χ3v) is 4.59. The van der Waals surface area contributed by atoms with Gasteiger partial charge >= 0.3 is 0 Å². The second-order valence-corrected chi connectivity index (χ2v) is 6.28. The molecule has 0 heterocycles. The smallest absolute Gasteiger partial charge is 0.122 e. The number of methoxy groups -OCH3 is 1. The Bertz CT molecular complexity index is 406. The fourth-order valence-electron chi connectivity index (χ4n) is 3.17. The van der Waals surface area contributed by atoms with E-state index in [-0.39, 0.29) is 0 Å². The van der Waals surface area contributed by atoms with Crippen LogP contribution in [-0.2, 0) is 6.42 Å². The first-order valence-electron chi connectivity index (χ1n) is 7.30. The molecule has 2 rings (SSSR count). The Balaban J connectivity index is 2.11. The summed E-state index contributed by atoms with van der Waals surface area (Å²) in [6, 6.07) is 6.98. The van der Waals surface area contributed by atoms with Crippen LogP contribution < -0.4 is 10.1 Å². The molecule has 1 aliphatic carbocycles. The average molecular weight is 326 g/mol. The van der Waals surface area contributed by atoms with Crippen LogP contribution in [0, 0.1) is 5.92 Å². The zero-order chi connectivity index (χ0) is 13.7. The SMILES string of the molecule is CCNC1CCCCC1Cc1cc(Br)ccc1OC. The van der Waals surface area contributed by atoms with Crippen molar-refractivity contribution in [3.05, 3.63) is 28.2 Å². The van der Waals surface area contributed by atoms with Crippen molar-refractivity contribution in [1.29, 1.82) is 0 Å². The van der Waals surface area contributed by atoms with Gasteiger partial charge in [0.2, 0.25) is 0 Å². The molecule has 2 unspecified atom stereocenters. The summed E-state index contributed by atoms with van der Waals surface area (Å²) in [6.07, 6.45) is 6.48. The molecule has 3 heteroatoms. The summed E-state index contributed by atoms with van der Waals surface area (Å²) in [5.74, 6) is 1.75. The van der Waals surface area contributed by atoms with E-state index in [2.05, 4.69) is 40.3 Å². The van der Waals surface area contributed by atoms with E-state index in [1.54, 1.807) is 7.11 Å². The van der Waals surface area contributed by atoms with Gasteiger partial charge in [-0.2, -0.15) is 0 Å². The van der Waals surface area contributed by atoms with E-state index in [0.29, 0.717) is 6.04 Å². The Morgan fingerprint density at radius 1 is 1.32 bits per heavy atom. The van der Waals surface area contributed by atoms with Gasteiger partial charge in [0.15, 0.2) is 0 Å². The van der Waals surface area contributed by atoms with Crippen molar-refractivity contribution < 1.29 is 4.74 Å². The third kappa shape index (κ3) is 3.96. The zero-order valence-electron chi connectivity index (χ0n) is 11.9. The lowest BCUT2D eigenvalue weighted by atomic mass is 9.80. The molecule has 0 aliphatic heterocycles. The predicted octanol–water partition coefficient (Wildman–Crippen LogP) is 4.17. The lowest BCUT2D eigenvalue weighted by Crippen LogP contribution is -2.39. The van der Waals surface area contributed by atoms with E-state index in [0.717, 1.165) is 29.1 Å². The van der Waals surface area contributed by atoms with Crippen LogP contribution in [0.25, 0.3) is 0 Å². The average Bonchev–Trinajstić information content (AvgIpc) is 2.42. The minimum atomic E-state index is 0.669. The van der Waals surface area contributed by atoms with Gasteiger partial charge in [0.25, 0.3) is 0 Å². The highest BCUT2D eigenvalue weighted by atomic mass is 79.9. The molecule has 0 amide bonds. The Labute approximate surface area is 125 Å². The molecule has 0 saturated heterocycles. The van der Waals surface area contributed by atoms with Gasteiger partial charge in [0.05, 0.1) is 7.11 Å². The molecule has 2 atom stereocenters. The largest absolute Gasteiger partial charge is 0.496 e. The number of nitrogens with one attached hydrogen (secondary N) is 1. The van der Waals surface area contributed by atoms with Crippen molar-refractivity contribution in [2.45, 2.75) is 45.1 Å². The molecule has 1 N–H and O–H groups in total. The molecule has 0 radical (unpaired) electrons. The second kappa shape index (κ2) is 7.30. The molecular weight excluding hydrogens is 302 g/mol. The molecule has 0 aromatic heterocycles. The summed E-state index contributed by atoms with van der Waals surface area (Å²) >= 11 is 3.56. The summed E-state index contributed by atoms with van der Waals surface area (Å²) in [6.45, 7) is 3.27. The van der Waals surface area contributed by atoms with Crippen molar-refractivity contribution in [2.24, 2.45) is 5.92 Å². The van der Waals surface area contributed by atoms with Gasteiger partial charge in [0.1, 0.15) is 5.75 Å². The number of halogens is 1. The van der Waals surface area contributed by atoms with Crippen molar-refractivity contribution in [3.8, 4) is 5.75 Å². The van der Waals surface area contributed by atoms with E-state index < -0.39 is 0 Å². The van der Waals surface area contributed by atoms with Crippen LogP contribution in [0.2, 0.25) is 0 Å². The predicted molar refractivity (Wildman–Crippen MR) is 83.8 cm³/mol. The fourth-order valence-corrected chi connectivity index (χ4v) is 3.58. The van der Waals surface area contributed by atoms with E-state index in [1.165, 1.54) is 31.2 Å². The van der Waals surface area contributed by atoms with E-state index in [1.807, 2.05) is 6.07 Å². The highest BCUT2D eigenvalue weighted by Gasteiger charge is 2.25. The lowest BCUT2D eigenvalue weighted by molar-refractivity contribution is 0.262. The van der Waals surface area contributed by atoms with Gasteiger partial charge in [-0.1, -0.05) is 35.7 Å². The number of rotatable bonds is 5. The summed E-state index contributed by atoms with van der Waals surface area (Å²) < 4.78 is 6.63. The van der Waals surface area contributed by atoms with Gasteiger partial charge in [-0.3, -0.25) is 0 Å². The quantitative estimate of drug-likeness (QED) is 0.877. The van der Waals surface area contributed by atoms with Crippen molar-refractivity contribution in [3.63, 3.8) is 0 Å². The molecule has 19 heavy (non-hydrogen) atoms. The van der Waals surface area contributed by atoms with Crippen LogP contribution in [-0.4, -0.2) is 19.7 Å². The second-order valence-electron chi connectivity index (χ2n) is 5.37. The molecule has 1 aromatic rings. The molecule has 1 aromatic carbocycles. The van der Waals surface area contributed by atoms with Crippen LogP contribution in [0.3, 0.4) is 0 Å². The molecule has 1 aliphatic rings. The van der Waals surface area contributed by atoms with Crippen LogP contribution in [0.5, 0.6) is 5.75 Å². The minimum absolute atomic E-state index is 0.669. The standard InChI is InChI=1S/C16H24BrNO/c1-3-18-15-7-5-4-6-12(15)10-13-11-14(17)8-9-16(13)19-2/h8-9,11-12,15,18H,3-7,10H2,1-2H3. The minimum Gasteiger partial charge on any atom is -0.496 e. The lowest BCUT2D eigenvalue weighted by Gasteiger charge is -2.32. The maximum Gasteiger partial charge on any atom is 0.122 e. The summed E-state index contributed by atoms with van der Waals surface area (Å²) in [7, 11) is 1.76. The number of hydrogen-bond donors (Lipinski definition) is 1. The molecule has 1 fully saturated rings. The Morgan fingerprint density at radius 3 is 2.84 bits per heavy atom. The maximum absolute atomic E-state index is 5.50. The first-order valence-corrected chi connectivity index (χ1v) is 8.09. The molecule has 0 bridgehead atoms. The van der Waals surface area contributed by atoms with Gasteiger partial charge in [-0.05, 0) is 55.5 Å². The zero-order valence-corrected chi connectivity index (χ0v) is 13.5. The van der Waals surface area contributed by atoms with Crippen LogP contribution in [0.4, 0.5) is 0 Å². The normalized spacial score (nSPS) is 23.3. The first kappa shape index (κ1) is 14.9. The van der Waals surface area contributed by atoms with E-state index in [4.69, 9.17) is 4.74 Å². The maximum atomic E-state index is 5.50. The van der Waals surface area contributed by atoms with Crippen LogP contribution in [0.15, 0.2) is 22.7 Å². The van der Waals surface area contributed by atoms with Crippen LogP contribution in [0.1, 0.15) is 38.2 Å². The van der Waals surface area contributed by atoms with Gasteiger partial charge in [-0.25, -0.2) is 0 Å². The molecule has 2 nitrogen and oxygen atoms in total. The Kier molecular flexibility index (Phi) is 5.71. The summed E-state index contributed by atoms with van der Waals surface area (Å²) in [5.41, 5.74) is 1.33. The van der Waals surface area contributed by atoms with Gasteiger partial charge in [-0.15, -0.1) is 0 Å². The summed E-state index contributed by atoms with van der Waals surface area (Å²) in [4.78, 5) is 0. The van der Waals surface area contributed by atoms with Crippen molar-refractivity contribution in [1.82, 2.24) is 5.32 Å². The molecule has 0 spiro atoms. The highest BCUT2D eigenvalue weighted by molar-refractivity contribution is 9.10. The number of ether oxygens (including phenoxy) is 1. The van der Waals surface area contributed by atoms with Gasteiger partial charge in [0, 0.05) is 10.5 Å². The number of hydrogen-bond acceptors (Lipinski definition) is 2. The Morgan fingerprint density at radius 2 is 2.11 bits per heavy atom. The third-order valence-electron chi connectivity index (χ3n) is 4.10. The van der Waals surface area contributed by atoms with E-state index in [9.17, 15) is 0 Å². The van der Waals surface area contributed by atoms with Gasteiger partial charge < -0.3 is 10.1 Å². The Hall–Kier alpha value is -0.540. The first-order chi connectivity index (χ1) is 9.24. The van der Waals surface area contributed by atoms with Crippen LogP contribution >= 0.6 is 15.9 Å².